The normalized spacial score (nSPS) is 10.1. The Labute approximate surface area is 176 Å². The first kappa shape index (κ1) is 23.5. The number of benzene rings is 2. The summed E-state index contributed by atoms with van der Waals surface area (Å²) >= 11 is 1.38. The van der Waals surface area contributed by atoms with Crippen LogP contribution in [0.1, 0.15) is 63.0 Å². The van der Waals surface area contributed by atoms with Gasteiger partial charge in [-0.1, -0.05) is 117 Å². The predicted molar refractivity (Wildman–Crippen MR) is 124 cm³/mol. The van der Waals surface area contributed by atoms with Gasteiger partial charge in [0.05, 0.1) is 0 Å². The van der Waals surface area contributed by atoms with Crippen molar-refractivity contribution in [1.29, 1.82) is 0 Å². The SMILES string of the molecule is CCCCCCC[CH2][AlH][c]1ccc(C)cc1.[AlH2][CH2]CCc1ccccc1. The van der Waals surface area contributed by atoms with Crippen LogP contribution in [-0.4, -0.2) is 31.5 Å². The number of unbranched alkanes of at least 4 members (excludes halogenated alkanes) is 5. The van der Waals surface area contributed by atoms with Crippen LogP contribution in [0, 0.1) is 6.92 Å². The van der Waals surface area contributed by atoms with E-state index in [9.17, 15) is 0 Å². The first-order chi connectivity index (χ1) is 12.8. The molecule has 0 heterocycles. The van der Waals surface area contributed by atoms with Crippen LogP contribution in [0.5, 0.6) is 0 Å². The Morgan fingerprint density at radius 1 is 0.769 bits per heavy atom. The second kappa shape index (κ2) is 16.7. The van der Waals surface area contributed by atoms with Gasteiger partial charge in [0.25, 0.3) is 15.2 Å². The molecule has 2 aromatic rings. The summed E-state index contributed by atoms with van der Waals surface area (Å²) in [6, 6.07) is 19.9. The predicted octanol–water partition coefficient (Wildman–Crippen LogP) is 5.51. The average molecular weight is 381 g/mol. The van der Waals surface area contributed by atoms with E-state index in [0.717, 1.165) is 0 Å². The van der Waals surface area contributed by atoms with Gasteiger partial charge in [0.2, 0.25) is 16.3 Å². The highest BCUT2D eigenvalue weighted by Crippen LogP contribution is 2.07. The third kappa shape index (κ3) is 12.8. The average Bonchev–Trinajstić information content (AvgIpc) is 2.68. The molecule has 0 nitrogen and oxygen atoms in total. The van der Waals surface area contributed by atoms with Crippen molar-refractivity contribution in [2.45, 2.75) is 75.8 Å². The third-order valence-electron chi connectivity index (χ3n) is 4.85. The molecule has 140 valence electrons. The van der Waals surface area contributed by atoms with E-state index in [2.05, 4.69) is 68.4 Å². The summed E-state index contributed by atoms with van der Waals surface area (Å²) in [6.07, 6.45) is 11.2. The minimum Gasteiger partial charge on any atom is -0.116 e. The van der Waals surface area contributed by atoms with E-state index in [0.29, 0.717) is 0 Å². The summed E-state index contributed by atoms with van der Waals surface area (Å²) in [7, 11) is 0. The van der Waals surface area contributed by atoms with Crippen LogP contribution >= 0.6 is 0 Å². The van der Waals surface area contributed by atoms with Crippen molar-refractivity contribution in [1.82, 2.24) is 0 Å². The molecule has 0 spiro atoms. The lowest BCUT2D eigenvalue weighted by atomic mass is 10.1. The molecule has 0 fully saturated rings. The van der Waals surface area contributed by atoms with Gasteiger partial charge in [-0.3, -0.25) is 0 Å². The van der Waals surface area contributed by atoms with E-state index in [1.54, 1.807) is 4.43 Å². The maximum absolute atomic E-state index is 2.33. The summed E-state index contributed by atoms with van der Waals surface area (Å²) < 4.78 is 1.64. The fourth-order valence-electron chi connectivity index (χ4n) is 3.07. The van der Waals surface area contributed by atoms with Gasteiger partial charge in [0, 0.05) is 0 Å². The lowest BCUT2D eigenvalue weighted by Crippen LogP contribution is -2.12. The molecule has 0 N–H and O–H groups in total. The molecule has 0 amide bonds. The first-order valence-corrected chi connectivity index (χ1v) is 14.0. The van der Waals surface area contributed by atoms with E-state index < -0.39 is 0 Å². The third-order valence-corrected chi connectivity index (χ3v) is 7.46. The molecular weight excluding hydrogens is 342 g/mol. The molecular formula is C24H38Al2. The zero-order valence-corrected chi connectivity index (χ0v) is 20.9. The minimum absolute atomic E-state index is 0.0331. The fourth-order valence-corrected chi connectivity index (χ4v) is 5.00. The van der Waals surface area contributed by atoms with Crippen LogP contribution in [0.15, 0.2) is 54.6 Å². The maximum Gasteiger partial charge on any atom is 0.282 e. The Morgan fingerprint density at radius 3 is 2.08 bits per heavy atom. The summed E-state index contributed by atoms with van der Waals surface area (Å²) in [4.78, 5) is 0. The molecule has 2 rings (SSSR count). The van der Waals surface area contributed by atoms with Crippen molar-refractivity contribution in [2.75, 3.05) is 0 Å². The molecule has 0 bridgehead atoms. The number of aryl methyl sites for hydroxylation is 2. The second-order valence-corrected chi connectivity index (χ2v) is 10.5. The Bertz CT molecular complexity index is 534. The van der Waals surface area contributed by atoms with Crippen molar-refractivity contribution in [2.24, 2.45) is 0 Å². The van der Waals surface area contributed by atoms with Crippen LogP contribution in [0.4, 0.5) is 0 Å². The highest BCUT2D eigenvalue weighted by molar-refractivity contribution is 6.53. The van der Waals surface area contributed by atoms with Gasteiger partial charge in [-0.15, -0.1) is 9.71 Å². The van der Waals surface area contributed by atoms with Crippen molar-refractivity contribution in [3.63, 3.8) is 0 Å². The molecule has 0 unspecified atom stereocenters. The van der Waals surface area contributed by atoms with Crippen LogP contribution in [0.25, 0.3) is 0 Å². The summed E-state index contributed by atoms with van der Waals surface area (Å²) in [5, 5.41) is 2.92. The van der Waals surface area contributed by atoms with Gasteiger partial charge in [-0.05, 0) is 18.9 Å². The fraction of sp³-hybridized carbons (Fsp3) is 0.500. The summed E-state index contributed by atoms with van der Waals surface area (Å²) in [5.74, 6) is 0. The van der Waals surface area contributed by atoms with Gasteiger partial charge in [-0.25, -0.2) is 0 Å². The summed E-state index contributed by atoms with van der Waals surface area (Å²) in [5.41, 5.74) is 2.87. The molecule has 0 saturated heterocycles. The molecule has 0 saturated carbocycles. The van der Waals surface area contributed by atoms with Crippen LogP contribution < -0.4 is 4.43 Å². The maximum atomic E-state index is 2.33. The summed E-state index contributed by atoms with van der Waals surface area (Å²) in [6.45, 7) is 4.45. The second-order valence-electron chi connectivity index (χ2n) is 7.45. The van der Waals surface area contributed by atoms with Crippen molar-refractivity contribution >= 4 is 35.9 Å². The monoisotopic (exact) mass is 380 g/mol. The molecule has 26 heavy (non-hydrogen) atoms. The Morgan fingerprint density at radius 2 is 1.42 bits per heavy atom. The largest absolute Gasteiger partial charge is 0.282 e. The standard InChI is InChI=1S/C9H11.C8H17.C7H7.2Al.3H/c1-2-6-9-7-4-3-5-8-9;1-3-5-7-8-6-4-2;1-7-5-3-2-4-6-7;;;;;/h3-5,7-8H,1-2,6H2;1,3-8H2,2H3;3-6H,1H3;;;;;. The number of hydrogen-bond donors (Lipinski definition) is 0. The van der Waals surface area contributed by atoms with E-state index >= 15 is 0 Å². The highest BCUT2D eigenvalue weighted by atomic mass is 27.1. The van der Waals surface area contributed by atoms with Gasteiger partial charge < -0.3 is 0 Å². The molecule has 0 aliphatic heterocycles. The quantitative estimate of drug-likeness (QED) is 0.356. The van der Waals surface area contributed by atoms with Crippen LogP contribution in [-0.2, 0) is 6.42 Å². The zero-order valence-electron chi connectivity index (χ0n) is 17.5. The van der Waals surface area contributed by atoms with E-state index in [4.69, 9.17) is 0 Å². The molecule has 0 radical (unpaired) electrons. The lowest BCUT2D eigenvalue weighted by Gasteiger charge is -2.01. The Kier molecular flexibility index (Phi) is 15.1. The molecule has 0 atom stereocenters. The van der Waals surface area contributed by atoms with E-state index in [1.807, 2.05) is 0 Å². The number of rotatable bonds is 11. The zero-order chi connectivity index (χ0) is 18.9. The smallest absolute Gasteiger partial charge is 0.116 e. The van der Waals surface area contributed by atoms with E-state index in [-0.39, 0.29) is 15.2 Å². The molecule has 2 heteroatoms. The molecule has 0 aromatic heterocycles. The highest BCUT2D eigenvalue weighted by Gasteiger charge is 1.97. The van der Waals surface area contributed by atoms with Gasteiger partial charge in [-0.2, -0.15) is 0 Å². The Balaban J connectivity index is 0.000000289. The first-order valence-electron chi connectivity index (χ1n) is 10.9. The Hall–Kier alpha value is -0.495. The van der Waals surface area contributed by atoms with Crippen LogP contribution in [0.3, 0.4) is 0 Å². The van der Waals surface area contributed by atoms with Crippen molar-refractivity contribution in [3.8, 4) is 0 Å². The molecule has 0 aliphatic carbocycles. The minimum atomic E-state index is 0.0331. The van der Waals surface area contributed by atoms with Crippen molar-refractivity contribution in [3.05, 3.63) is 65.7 Å². The van der Waals surface area contributed by atoms with Crippen LogP contribution in [0.2, 0.25) is 10.6 Å². The van der Waals surface area contributed by atoms with Gasteiger partial charge >= 0.3 is 0 Å². The molecule has 0 aliphatic rings. The molecule has 2 aromatic carbocycles. The number of hydrogen-bond acceptors (Lipinski definition) is 0. The van der Waals surface area contributed by atoms with Gasteiger partial charge in [0.1, 0.15) is 0 Å². The van der Waals surface area contributed by atoms with E-state index in [1.165, 1.54) is 89.3 Å². The van der Waals surface area contributed by atoms with Gasteiger partial charge in [0.15, 0.2) is 0 Å². The van der Waals surface area contributed by atoms with Crippen molar-refractivity contribution < 1.29 is 0 Å². The topological polar surface area (TPSA) is 0 Å². The lowest BCUT2D eigenvalue weighted by molar-refractivity contribution is 0.624.